The molecule has 0 saturated heterocycles. The Morgan fingerprint density at radius 3 is 2.88 bits per heavy atom. The molecule has 0 unspecified atom stereocenters. The monoisotopic (exact) mass is 237 g/mol. The lowest BCUT2D eigenvalue weighted by atomic mass is 10.3. The molecule has 1 aromatic heterocycles. The molecule has 0 spiro atoms. The number of pyridine rings is 1. The average Bonchev–Trinajstić information content (AvgIpc) is 2.32. The van der Waals surface area contributed by atoms with Gasteiger partial charge in [-0.05, 0) is 32.9 Å². The number of hydrogen-bond acceptors (Lipinski definition) is 3. The summed E-state index contributed by atoms with van der Waals surface area (Å²) >= 11 is 1.59. The minimum absolute atomic E-state index is 0.342. The minimum Gasteiger partial charge on any atom is -0.291 e. The van der Waals surface area contributed by atoms with Crippen LogP contribution in [0, 0.1) is 6.92 Å². The zero-order valence-corrected chi connectivity index (χ0v) is 10.5. The molecule has 0 aliphatic rings. The molecular weight excluding hydrogens is 222 g/mol. The Balaban J connectivity index is 3.17. The topological polar surface area (TPSA) is 45.6 Å². The molecule has 86 valence electrons. The van der Waals surface area contributed by atoms with Gasteiger partial charge in [0, 0.05) is 17.6 Å². The van der Waals surface area contributed by atoms with Gasteiger partial charge in [0.2, 0.25) is 0 Å². The Labute approximate surface area is 99.8 Å². The molecule has 0 radical (unpaired) electrons. The molecule has 0 fully saturated rings. The molecule has 4 nitrogen and oxygen atoms in total. The molecule has 0 aromatic carbocycles. The lowest BCUT2D eigenvalue weighted by molar-refractivity contribution is 0.254. The standard InChI is InChI=1S/C11H15N3OS/c1-5-14(11(15)12-3)10-6-9(16-4)7-13-8(10)2/h6-7H,3,5H2,1-2,4H3. The van der Waals surface area contributed by atoms with Crippen molar-refractivity contribution in [1.29, 1.82) is 0 Å². The maximum Gasteiger partial charge on any atom is 0.347 e. The molecule has 1 aromatic rings. The van der Waals surface area contributed by atoms with Crippen LogP contribution in [0.25, 0.3) is 0 Å². The summed E-state index contributed by atoms with van der Waals surface area (Å²) in [5.41, 5.74) is 1.61. The third-order valence-corrected chi connectivity index (χ3v) is 2.94. The van der Waals surface area contributed by atoms with Gasteiger partial charge in [-0.25, -0.2) is 9.79 Å². The first-order valence-corrected chi connectivity index (χ1v) is 6.15. The molecule has 1 rings (SSSR count). The number of rotatable bonds is 3. The first-order valence-electron chi connectivity index (χ1n) is 4.92. The number of amides is 2. The van der Waals surface area contributed by atoms with Crippen LogP contribution < -0.4 is 4.90 Å². The third-order valence-electron chi connectivity index (χ3n) is 2.24. The van der Waals surface area contributed by atoms with E-state index in [1.165, 1.54) is 0 Å². The second-order valence-corrected chi connectivity index (χ2v) is 4.04. The normalized spacial score (nSPS) is 9.94. The van der Waals surface area contributed by atoms with Gasteiger partial charge in [0.15, 0.2) is 0 Å². The number of aliphatic imine (C=N–C) groups is 1. The highest BCUT2D eigenvalue weighted by Gasteiger charge is 2.15. The summed E-state index contributed by atoms with van der Waals surface area (Å²) < 4.78 is 0. The molecule has 0 saturated carbocycles. The van der Waals surface area contributed by atoms with Gasteiger partial charge in [-0.1, -0.05) is 0 Å². The van der Waals surface area contributed by atoms with E-state index in [0.29, 0.717) is 6.54 Å². The molecule has 5 heteroatoms. The summed E-state index contributed by atoms with van der Waals surface area (Å²) in [5.74, 6) is 0. The van der Waals surface area contributed by atoms with Crippen LogP contribution in [-0.4, -0.2) is 30.5 Å². The number of aromatic nitrogens is 1. The van der Waals surface area contributed by atoms with E-state index >= 15 is 0 Å². The number of aryl methyl sites for hydroxylation is 1. The molecule has 0 N–H and O–H groups in total. The van der Waals surface area contributed by atoms with Crippen molar-refractivity contribution in [2.75, 3.05) is 17.7 Å². The van der Waals surface area contributed by atoms with Gasteiger partial charge in [0.05, 0.1) is 11.4 Å². The zero-order chi connectivity index (χ0) is 12.1. The van der Waals surface area contributed by atoms with Crippen molar-refractivity contribution in [1.82, 2.24) is 4.98 Å². The largest absolute Gasteiger partial charge is 0.347 e. The number of carbonyl (C=O) groups excluding carboxylic acids is 1. The van der Waals surface area contributed by atoms with E-state index in [-0.39, 0.29) is 6.03 Å². The Bertz CT molecular complexity index is 406. The summed E-state index contributed by atoms with van der Waals surface area (Å²) in [6.45, 7) is 7.58. The quantitative estimate of drug-likeness (QED) is 0.600. The van der Waals surface area contributed by atoms with Crippen LogP contribution in [-0.2, 0) is 0 Å². The van der Waals surface area contributed by atoms with Crippen molar-refractivity contribution in [3.05, 3.63) is 18.0 Å². The fourth-order valence-electron chi connectivity index (χ4n) is 1.38. The fourth-order valence-corrected chi connectivity index (χ4v) is 1.77. The summed E-state index contributed by atoms with van der Waals surface area (Å²) in [4.78, 5) is 21.8. The van der Waals surface area contributed by atoms with Crippen molar-refractivity contribution in [2.24, 2.45) is 4.99 Å². The smallest absolute Gasteiger partial charge is 0.291 e. The van der Waals surface area contributed by atoms with Crippen LogP contribution in [0.4, 0.5) is 10.5 Å². The molecule has 1 heterocycles. The van der Waals surface area contributed by atoms with E-state index in [1.54, 1.807) is 22.9 Å². The third kappa shape index (κ3) is 2.61. The summed E-state index contributed by atoms with van der Waals surface area (Å²) in [6, 6.07) is 1.60. The molecule has 0 aliphatic heterocycles. The second-order valence-electron chi connectivity index (χ2n) is 3.16. The molecule has 2 amide bonds. The van der Waals surface area contributed by atoms with Crippen LogP contribution in [0.2, 0.25) is 0 Å². The van der Waals surface area contributed by atoms with Gasteiger partial charge in [-0.15, -0.1) is 11.8 Å². The number of urea groups is 1. The Morgan fingerprint density at radius 1 is 1.69 bits per heavy atom. The van der Waals surface area contributed by atoms with Crippen molar-refractivity contribution in [2.45, 2.75) is 18.7 Å². The highest BCUT2D eigenvalue weighted by atomic mass is 32.2. The van der Waals surface area contributed by atoms with Crippen molar-refractivity contribution in [3.8, 4) is 0 Å². The molecular formula is C11H15N3OS. The number of carbonyl (C=O) groups is 1. The number of nitrogens with zero attached hydrogens (tertiary/aromatic N) is 3. The van der Waals surface area contributed by atoms with Crippen LogP contribution in [0.5, 0.6) is 0 Å². The van der Waals surface area contributed by atoms with E-state index in [2.05, 4.69) is 16.7 Å². The second kappa shape index (κ2) is 5.65. The lowest BCUT2D eigenvalue weighted by Gasteiger charge is -2.20. The molecule has 0 bridgehead atoms. The first-order chi connectivity index (χ1) is 7.63. The first kappa shape index (κ1) is 12.7. The van der Waals surface area contributed by atoms with Gasteiger partial charge >= 0.3 is 6.03 Å². The van der Waals surface area contributed by atoms with Crippen LogP contribution in [0.15, 0.2) is 22.2 Å². The Morgan fingerprint density at radius 2 is 2.38 bits per heavy atom. The van der Waals surface area contributed by atoms with Gasteiger partial charge in [0.1, 0.15) is 0 Å². The minimum atomic E-state index is -0.342. The van der Waals surface area contributed by atoms with Crippen molar-refractivity contribution < 1.29 is 4.79 Å². The van der Waals surface area contributed by atoms with E-state index in [1.807, 2.05) is 26.2 Å². The molecule has 0 atom stereocenters. The van der Waals surface area contributed by atoms with E-state index < -0.39 is 0 Å². The SMILES string of the molecule is C=NC(=O)N(CC)c1cc(SC)cnc1C. The van der Waals surface area contributed by atoms with Crippen LogP contribution in [0.3, 0.4) is 0 Å². The van der Waals surface area contributed by atoms with E-state index in [0.717, 1.165) is 16.3 Å². The highest BCUT2D eigenvalue weighted by Crippen LogP contribution is 2.24. The van der Waals surface area contributed by atoms with Gasteiger partial charge in [0.25, 0.3) is 0 Å². The van der Waals surface area contributed by atoms with Crippen molar-refractivity contribution in [3.63, 3.8) is 0 Å². The van der Waals surface area contributed by atoms with Gasteiger partial charge in [-0.2, -0.15) is 0 Å². The number of anilines is 1. The maximum atomic E-state index is 11.6. The zero-order valence-electron chi connectivity index (χ0n) is 9.73. The number of hydrogen-bond donors (Lipinski definition) is 0. The summed E-state index contributed by atoms with van der Waals surface area (Å²) in [5, 5.41) is 0. The maximum absolute atomic E-state index is 11.6. The van der Waals surface area contributed by atoms with Crippen molar-refractivity contribution >= 4 is 30.2 Å². The molecule has 16 heavy (non-hydrogen) atoms. The van der Waals surface area contributed by atoms with E-state index in [9.17, 15) is 4.79 Å². The summed E-state index contributed by atoms with van der Waals surface area (Å²) in [7, 11) is 0. The predicted octanol–water partition coefficient (Wildman–Crippen LogP) is 2.76. The highest BCUT2D eigenvalue weighted by molar-refractivity contribution is 7.98. The fraction of sp³-hybridized carbons (Fsp3) is 0.364. The number of thioether (sulfide) groups is 1. The predicted molar refractivity (Wildman–Crippen MR) is 68.7 cm³/mol. The lowest BCUT2D eigenvalue weighted by Crippen LogP contribution is -2.28. The van der Waals surface area contributed by atoms with Crippen LogP contribution >= 0.6 is 11.8 Å². The van der Waals surface area contributed by atoms with E-state index in [4.69, 9.17) is 0 Å². The van der Waals surface area contributed by atoms with Crippen LogP contribution in [0.1, 0.15) is 12.6 Å². The van der Waals surface area contributed by atoms with Gasteiger partial charge < -0.3 is 0 Å². The van der Waals surface area contributed by atoms with Gasteiger partial charge in [-0.3, -0.25) is 9.88 Å². The Kier molecular flexibility index (Phi) is 4.49. The summed E-state index contributed by atoms with van der Waals surface area (Å²) in [6.07, 6.45) is 3.77. The molecule has 0 aliphatic carbocycles. The Hall–Kier alpha value is -1.36. The average molecular weight is 237 g/mol.